The highest BCUT2D eigenvalue weighted by atomic mass is 16.5. The van der Waals surface area contributed by atoms with E-state index in [0.717, 1.165) is 68.0 Å². The maximum Gasteiger partial charge on any atom is 0.118 e. The summed E-state index contributed by atoms with van der Waals surface area (Å²) in [5.74, 6) is 3.10. The highest BCUT2D eigenvalue weighted by Crippen LogP contribution is 2.38. The van der Waals surface area contributed by atoms with Crippen LogP contribution in [0.15, 0.2) is 97.1 Å². The van der Waals surface area contributed by atoms with Gasteiger partial charge in [0.05, 0.1) is 51.2 Å². The van der Waals surface area contributed by atoms with E-state index < -0.39 is 0 Å². The first-order valence-corrected chi connectivity index (χ1v) is 12.1. The van der Waals surface area contributed by atoms with Crippen LogP contribution in [0.1, 0.15) is 0 Å². The van der Waals surface area contributed by atoms with Crippen LogP contribution in [0.4, 0.5) is 0 Å². The van der Waals surface area contributed by atoms with Gasteiger partial charge >= 0.3 is 0 Å². The lowest BCUT2D eigenvalue weighted by Crippen LogP contribution is -2.01. The maximum atomic E-state index is 5.38. The summed E-state index contributed by atoms with van der Waals surface area (Å²) >= 11 is 0. The highest BCUT2D eigenvalue weighted by molar-refractivity contribution is 5.86. The molecule has 0 saturated carbocycles. The van der Waals surface area contributed by atoms with E-state index in [1.165, 1.54) is 0 Å². The van der Waals surface area contributed by atoms with E-state index in [4.69, 9.17) is 28.9 Å². The van der Waals surface area contributed by atoms with Gasteiger partial charge in [-0.25, -0.2) is 9.97 Å². The van der Waals surface area contributed by atoms with Crippen molar-refractivity contribution in [1.29, 1.82) is 0 Å². The van der Waals surface area contributed by atoms with Crippen molar-refractivity contribution in [2.24, 2.45) is 0 Å². The van der Waals surface area contributed by atoms with Gasteiger partial charge in [0.2, 0.25) is 0 Å². The Morgan fingerprint density at radius 2 is 0.500 bits per heavy atom. The van der Waals surface area contributed by atoms with Crippen LogP contribution in [-0.2, 0) is 0 Å². The van der Waals surface area contributed by atoms with Gasteiger partial charge in [0.1, 0.15) is 23.0 Å². The number of hydrogen-bond donors (Lipinski definition) is 0. The largest absolute Gasteiger partial charge is 0.497 e. The third kappa shape index (κ3) is 5.02. The normalized spacial score (nSPS) is 10.6. The third-order valence-electron chi connectivity index (χ3n) is 6.35. The number of methoxy groups -OCH3 is 4. The molecule has 190 valence electrons. The van der Waals surface area contributed by atoms with E-state index in [2.05, 4.69) is 0 Å². The fraction of sp³-hybridized carbons (Fsp3) is 0.125. The van der Waals surface area contributed by atoms with E-state index >= 15 is 0 Å². The Morgan fingerprint density at radius 1 is 0.316 bits per heavy atom. The second-order valence-corrected chi connectivity index (χ2v) is 8.53. The standard InChI is InChI=1S/C32H28N2O4/c1-35-25-13-5-21(6-14-25)29-30(22-7-15-26(36-2)16-8-22)34-32(24-11-19-28(38-4)20-12-24)31(33-29)23-9-17-27(37-3)18-10-23/h5-20H,1-4H3. The lowest BCUT2D eigenvalue weighted by Gasteiger charge is -2.17. The van der Waals surface area contributed by atoms with Crippen LogP contribution in [0.3, 0.4) is 0 Å². The van der Waals surface area contributed by atoms with Gasteiger partial charge in [0.25, 0.3) is 0 Å². The van der Waals surface area contributed by atoms with Gasteiger partial charge in [-0.3, -0.25) is 0 Å². The number of rotatable bonds is 8. The molecule has 0 spiro atoms. The number of hydrogen-bond acceptors (Lipinski definition) is 6. The molecule has 5 aromatic rings. The fourth-order valence-corrected chi connectivity index (χ4v) is 4.24. The number of nitrogens with zero attached hydrogens (tertiary/aromatic N) is 2. The Hall–Kier alpha value is -4.84. The average molecular weight is 505 g/mol. The van der Waals surface area contributed by atoms with Gasteiger partial charge in [-0.2, -0.15) is 0 Å². The molecule has 0 saturated heterocycles. The van der Waals surface area contributed by atoms with Gasteiger partial charge in [0, 0.05) is 22.3 Å². The molecule has 0 aliphatic heterocycles. The monoisotopic (exact) mass is 504 g/mol. The molecule has 0 bridgehead atoms. The Morgan fingerprint density at radius 3 is 0.658 bits per heavy atom. The molecular weight excluding hydrogens is 476 g/mol. The van der Waals surface area contributed by atoms with E-state index in [-0.39, 0.29) is 0 Å². The van der Waals surface area contributed by atoms with Crippen LogP contribution in [-0.4, -0.2) is 38.4 Å². The molecule has 0 aliphatic carbocycles. The number of aromatic nitrogens is 2. The van der Waals surface area contributed by atoms with Crippen molar-refractivity contribution in [1.82, 2.24) is 9.97 Å². The molecule has 5 rings (SSSR count). The molecule has 1 heterocycles. The zero-order valence-electron chi connectivity index (χ0n) is 21.8. The predicted molar refractivity (Wildman–Crippen MR) is 150 cm³/mol. The Labute approximate surface area is 222 Å². The van der Waals surface area contributed by atoms with Gasteiger partial charge < -0.3 is 18.9 Å². The molecule has 0 unspecified atom stereocenters. The number of benzene rings is 4. The van der Waals surface area contributed by atoms with Gasteiger partial charge in [0.15, 0.2) is 0 Å². The molecule has 0 fully saturated rings. The van der Waals surface area contributed by atoms with Crippen LogP contribution in [0.25, 0.3) is 45.0 Å². The van der Waals surface area contributed by atoms with Crippen molar-refractivity contribution in [3.05, 3.63) is 97.1 Å². The second-order valence-electron chi connectivity index (χ2n) is 8.53. The summed E-state index contributed by atoms with van der Waals surface area (Å²) in [4.78, 5) is 10.5. The molecule has 0 N–H and O–H groups in total. The summed E-state index contributed by atoms with van der Waals surface area (Å²) in [6.07, 6.45) is 0. The average Bonchev–Trinajstić information content (AvgIpc) is 3.00. The van der Waals surface area contributed by atoms with Crippen molar-refractivity contribution >= 4 is 0 Å². The lowest BCUT2D eigenvalue weighted by atomic mass is 9.99. The van der Waals surface area contributed by atoms with Crippen LogP contribution in [0.2, 0.25) is 0 Å². The second kappa shape index (κ2) is 11.0. The van der Waals surface area contributed by atoms with E-state index in [0.29, 0.717) is 0 Å². The lowest BCUT2D eigenvalue weighted by molar-refractivity contribution is 0.414. The molecule has 4 aromatic carbocycles. The van der Waals surface area contributed by atoms with Crippen LogP contribution in [0, 0.1) is 0 Å². The van der Waals surface area contributed by atoms with Crippen molar-refractivity contribution in [2.45, 2.75) is 0 Å². The summed E-state index contributed by atoms with van der Waals surface area (Å²) in [6.45, 7) is 0. The first-order valence-electron chi connectivity index (χ1n) is 12.1. The fourth-order valence-electron chi connectivity index (χ4n) is 4.24. The summed E-state index contributed by atoms with van der Waals surface area (Å²) < 4.78 is 21.5. The smallest absolute Gasteiger partial charge is 0.118 e. The maximum absolute atomic E-state index is 5.38. The summed E-state index contributed by atoms with van der Waals surface area (Å²) in [5, 5.41) is 0. The molecule has 6 heteroatoms. The van der Waals surface area contributed by atoms with Crippen LogP contribution >= 0.6 is 0 Å². The van der Waals surface area contributed by atoms with Crippen molar-refractivity contribution in [3.8, 4) is 68.0 Å². The Balaban J connectivity index is 1.78. The zero-order valence-corrected chi connectivity index (χ0v) is 21.8. The highest BCUT2D eigenvalue weighted by Gasteiger charge is 2.20. The zero-order chi connectivity index (χ0) is 26.5. The van der Waals surface area contributed by atoms with Crippen LogP contribution in [0.5, 0.6) is 23.0 Å². The minimum absolute atomic E-state index is 0.765. The summed E-state index contributed by atoms with van der Waals surface area (Å²) in [5.41, 5.74) is 6.78. The minimum atomic E-state index is 0.765. The molecule has 38 heavy (non-hydrogen) atoms. The molecule has 0 aliphatic rings. The van der Waals surface area contributed by atoms with E-state index in [9.17, 15) is 0 Å². The van der Waals surface area contributed by atoms with Gasteiger partial charge in [-0.05, 0) is 97.1 Å². The van der Waals surface area contributed by atoms with E-state index in [1.807, 2.05) is 97.1 Å². The summed E-state index contributed by atoms with van der Waals surface area (Å²) in [7, 11) is 6.62. The van der Waals surface area contributed by atoms with Crippen molar-refractivity contribution in [2.75, 3.05) is 28.4 Å². The molecule has 0 radical (unpaired) electrons. The van der Waals surface area contributed by atoms with E-state index in [1.54, 1.807) is 28.4 Å². The molecule has 0 amide bonds. The van der Waals surface area contributed by atoms with Gasteiger partial charge in [-0.1, -0.05) is 0 Å². The molecule has 6 nitrogen and oxygen atoms in total. The molecular formula is C32H28N2O4. The van der Waals surface area contributed by atoms with Crippen molar-refractivity contribution < 1.29 is 18.9 Å². The van der Waals surface area contributed by atoms with Gasteiger partial charge in [-0.15, -0.1) is 0 Å². The number of ether oxygens (including phenoxy) is 4. The van der Waals surface area contributed by atoms with Crippen molar-refractivity contribution in [3.63, 3.8) is 0 Å². The topological polar surface area (TPSA) is 62.7 Å². The first-order chi connectivity index (χ1) is 18.6. The summed E-state index contributed by atoms with van der Waals surface area (Å²) in [6, 6.07) is 31.4. The Bertz CT molecular complexity index is 1280. The molecule has 0 atom stereocenters. The first kappa shape index (κ1) is 24.8. The molecule has 1 aromatic heterocycles. The minimum Gasteiger partial charge on any atom is -0.497 e. The van der Waals surface area contributed by atoms with Crippen LogP contribution < -0.4 is 18.9 Å². The Kier molecular flexibility index (Phi) is 7.22. The quantitative estimate of drug-likeness (QED) is 0.223. The SMILES string of the molecule is COc1ccc(-c2nc(-c3ccc(OC)cc3)c(-c3ccc(OC)cc3)nc2-c2ccc(OC)cc2)cc1. The predicted octanol–water partition coefficient (Wildman–Crippen LogP) is 7.18. The third-order valence-corrected chi connectivity index (χ3v) is 6.35.